The molecule has 0 unspecified atom stereocenters. The van der Waals surface area contributed by atoms with Crippen LogP contribution in [0.4, 0.5) is 4.39 Å². The van der Waals surface area contributed by atoms with Crippen molar-refractivity contribution >= 4 is 6.29 Å². The van der Waals surface area contributed by atoms with Gasteiger partial charge in [0, 0.05) is 11.1 Å². The largest absolute Gasteiger partial charge is 0.298 e. The van der Waals surface area contributed by atoms with Gasteiger partial charge in [-0.05, 0) is 41.7 Å². The Morgan fingerprint density at radius 3 is 2.37 bits per heavy atom. The molecule has 0 aromatic heterocycles. The standard InChI is InChI=1S/C17H17FO/c1-12(2)9-13-3-6-15(7-4-13)16-10-14(11-19)5-8-17(16)18/h3-8,10-12H,9H2,1-2H3. The number of benzene rings is 2. The number of halogens is 1. The Kier molecular flexibility index (Phi) is 4.10. The quantitative estimate of drug-likeness (QED) is 0.736. The second-order valence-corrected chi connectivity index (χ2v) is 5.15. The van der Waals surface area contributed by atoms with Crippen molar-refractivity contribution in [2.24, 2.45) is 5.92 Å². The predicted molar refractivity (Wildman–Crippen MR) is 75.8 cm³/mol. The fraction of sp³-hybridized carbons (Fsp3) is 0.235. The first-order valence-corrected chi connectivity index (χ1v) is 6.44. The third-order valence-electron chi connectivity index (χ3n) is 3.04. The molecule has 2 heteroatoms. The van der Waals surface area contributed by atoms with E-state index in [1.807, 2.05) is 24.3 Å². The smallest absolute Gasteiger partial charge is 0.150 e. The number of hydrogen-bond donors (Lipinski definition) is 0. The minimum Gasteiger partial charge on any atom is -0.298 e. The molecule has 2 rings (SSSR count). The molecule has 0 N–H and O–H groups in total. The Morgan fingerprint density at radius 2 is 1.79 bits per heavy atom. The van der Waals surface area contributed by atoms with E-state index in [4.69, 9.17) is 0 Å². The molecule has 2 aromatic carbocycles. The maximum absolute atomic E-state index is 13.8. The highest BCUT2D eigenvalue weighted by atomic mass is 19.1. The van der Waals surface area contributed by atoms with Gasteiger partial charge in [-0.2, -0.15) is 0 Å². The summed E-state index contributed by atoms with van der Waals surface area (Å²) in [7, 11) is 0. The molecule has 0 saturated carbocycles. The van der Waals surface area contributed by atoms with E-state index in [0.717, 1.165) is 18.3 Å². The van der Waals surface area contributed by atoms with E-state index < -0.39 is 0 Å². The maximum atomic E-state index is 13.8. The molecule has 0 fully saturated rings. The molecular formula is C17H17FO. The molecule has 19 heavy (non-hydrogen) atoms. The van der Waals surface area contributed by atoms with Gasteiger partial charge in [0.15, 0.2) is 0 Å². The SMILES string of the molecule is CC(C)Cc1ccc(-c2cc(C=O)ccc2F)cc1. The van der Waals surface area contributed by atoms with Crippen LogP contribution in [0.3, 0.4) is 0 Å². The van der Waals surface area contributed by atoms with Crippen LogP contribution in [-0.4, -0.2) is 6.29 Å². The molecule has 0 aliphatic heterocycles. The van der Waals surface area contributed by atoms with Gasteiger partial charge in [-0.25, -0.2) is 4.39 Å². The van der Waals surface area contributed by atoms with Crippen LogP contribution < -0.4 is 0 Å². The first-order chi connectivity index (χ1) is 9.10. The minimum absolute atomic E-state index is 0.304. The zero-order valence-electron chi connectivity index (χ0n) is 11.2. The van der Waals surface area contributed by atoms with Crippen LogP contribution in [0, 0.1) is 11.7 Å². The Labute approximate surface area is 113 Å². The number of aldehydes is 1. The number of carbonyl (C=O) groups is 1. The second kappa shape index (κ2) is 5.79. The highest BCUT2D eigenvalue weighted by Crippen LogP contribution is 2.24. The lowest BCUT2D eigenvalue weighted by Crippen LogP contribution is -1.94. The van der Waals surface area contributed by atoms with Gasteiger partial charge in [-0.3, -0.25) is 4.79 Å². The van der Waals surface area contributed by atoms with Gasteiger partial charge < -0.3 is 0 Å². The molecule has 1 nitrogen and oxygen atoms in total. The summed E-state index contributed by atoms with van der Waals surface area (Å²) in [5.74, 6) is 0.295. The minimum atomic E-state index is -0.304. The van der Waals surface area contributed by atoms with E-state index in [-0.39, 0.29) is 5.82 Å². The zero-order chi connectivity index (χ0) is 13.8. The zero-order valence-corrected chi connectivity index (χ0v) is 11.2. The summed E-state index contributed by atoms with van der Waals surface area (Å²) in [6.45, 7) is 4.34. The summed E-state index contributed by atoms with van der Waals surface area (Å²) in [6.07, 6.45) is 1.74. The molecule has 0 saturated heterocycles. The summed E-state index contributed by atoms with van der Waals surface area (Å²) in [4.78, 5) is 10.8. The topological polar surface area (TPSA) is 17.1 Å². The maximum Gasteiger partial charge on any atom is 0.150 e. The Balaban J connectivity index is 2.34. The summed E-state index contributed by atoms with van der Waals surface area (Å²) < 4.78 is 13.8. The fourth-order valence-corrected chi connectivity index (χ4v) is 2.13. The fourth-order valence-electron chi connectivity index (χ4n) is 2.13. The number of hydrogen-bond acceptors (Lipinski definition) is 1. The van der Waals surface area contributed by atoms with Crippen LogP contribution in [0.5, 0.6) is 0 Å². The van der Waals surface area contributed by atoms with Crippen LogP contribution in [0.25, 0.3) is 11.1 Å². The summed E-state index contributed by atoms with van der Waals surface area (Å²) in [5, 5.41) is 0. The Hall–Kier alpha value is -1.96. The first kappa shape index (κ1) is 13.5. The summed E-state index contributed by atoms with van der Waals surface area (Å²) in [5.41, 5.74) is 3.00. The van der Waals surface area contributed by atoms with Crippen molar-refractivity contribution in [2.75, 3.05) is 0 Å². The van der Waals surface area contributed by atoms with E-state index >= 15 is 0 Å². The van der Waals surface area contributed by atoms with Crippen LogP contribution in [-0.2, 0) is 6.42 Å². The van der Waals surface area contributed by atoms with Crippen molar-refractivity contribution in [3.63, 3.8) is 0 Å². The molecule has 0 bridgehead atoms. The average Bonchev–Trinajstić information content (AvgIpc) is 2.40. The molecule has 0 amide bonds. The summed E-state index contributed by atoms with van der Waals surface area (Å²) >= 11 is 0. The summed E-state index contributed by atoms with van der Waals surface area (Å²) in [6, 6.07) is 12.2. The van der Waals surface area contributed by atoms with E-state index in [2.05, 4.69) is 13.8 Å². The molecular weight excluding hydrogens is 239 g/mol. The monoisotopic (exact) mass is 256 g/mol. The lowest BCUT2D eigenvalue weighted by molar-refractivity contribution is 0.112. The van der Waals surface area contributed by atoms with Crippen molar-refractivity contribution in [1.82, 2.24) is 0 Å². The van der Waals surface area contributed by atoms with Crippen LogP contribution in [0.15, 0.2) is 42.5 Å². The highest BCUT2D eigenvalue weighted by Gasteiger charge is 2.06. The van der Waals surface area contributed by atoms with E-state index in [0.29, 0.717) is 17.0 Å². The third-order valence-corrected chi connectivity index (χ3v) is 3.04. The number of carbonyl (C=O) groups excluding carboxylic acids is 1. The van der Waals surface area contributed by atoms with Crippen molar-refractivity contribution in [2.45, 2.75) is 20.3 Å². The van der Waals surface area contributed by atoms with Crippen LogP contribution >= 0.6 is 0 Å². The number of rotatable bonds is 4. The van der Waals surface area contributed by atoms with Gasteiger partial charge in [0.2, 0.25) is 0 Å². The van der Waals surface area contributed by atoms with Gasteiger partial charge >= 0.3 is 0 Å². The van der Waals surface area contributed by atoms with E-state index in [9.17, 15) is 9.18 Å². The third kappa shape index (κ3) is 3.28. The molecule has 0 atom stereocenters. The molecule has 0 heterocycles. The average molecular weight is 256 g/mol. The van der Waals surface area contributed by atoms with E-state index in [1.165, 1.54) is 17.7 Å². The molecule has 2 aromatic rings. The van der Waals surface area contributed by atoms with Gasteiger partial charge in [0.25, 0.3) is 0 Å². The highest BCUT2D eigenvalue weighted by molar-refractivity contribution is 5.79. The van der Waals surface area contributed by atoms with Crippen molar-refractivity contribution in [3.05, 3.63) is 59.4 Å². The lowest BCUT2D eigenvalue weighted by atomic mass is 9.98. The molecule has 98 valence electrons. The van der Waals surface area contributed by atoms with Crippen LogP contribution in [0.2, 0.25) is 0 Å². The van der Waals surface area contributed by atoms with Gasteiger partial charge in [0.05, 0.1) is 0 Å². The van der Waals surface area contributed by atoms with Crippen molar-refractivity contribution < 1.29 is 9.18 Å². The van der Waals surface area contributed by atoms with Gasteiger partial charge in [-0.1, -0.05) is 38.1 Å². The lowest BCUT2D eigenvalue weighted by Gasteiger charge is -2.08. The molecule has 0 aliphatic rings. The van der Waals surface area contributed by atoms with Crippen LogP contribution in [0.1, 0.15) is 29.8 Å². The predicted octanol–water partition coefficient (Wildman–Crippen LogP) is 4.50. The van der Waals surface area contributed by atoms with Crippen molar-refractivity contribution in [1.29, 1.82) is 0 Å². The van der Waals surface area contributed by atoms with E-state index in [1.54, 1.807) is 6.07 Å². The van der Waals surface area contributed by atoms with Crippen molar-refractivity contribution in [3.8, 4) is 11.1 Å². The molecule has 0 radical (unpaired) electrons. The molecule has 0 aliphatic carbocycles. The van der Waals surface area contributed by atoms with Gasteiger partial charge in [-0.15, -0.1) is 0 Å². The Bertz CT molecular complexity index is 570. The van der Waals surface area contributed by atoms with Gasteiger partial charge in [0.1, 0.15) is 12.1 Å². The second-order valence-electron chi connectivity index (χ2n) is 5.15. The normalized spacial score (nSPS) is 10.7. The molecule has 0 spiro atoms. The first-order valence-electron chi connectivity index (χ1n) is 6.44. The Morgan fingerprint density at radius 1 is 1.11 bits per heavy atom.